The molecule has 2 aromatic rings. The maximum atomic E-state index is 12.6. The Morgan fingerprint density at radius 2 is 2.19 bits per heavy atom. The number of primary amides is 1. The Morgan fingerprint density at radius 1 is 1.44 bits per heavy atom. The summed E-state index contributed by atoms with van der Waals surface area (Å²) in [6.07, 6.45) is 3.65. The quantitative estimate of drug-likeness (QED) is 0.571. The molecule has 1 aromatic heterocycles. The van der Waals surface area contributed by atoms with Gasteiger partial charge in [-0.1, -0.05) is 24.9 Å². The van der Waals surface area contributed by atoms with Crippen LogP contribution in [0.1, 0.15) is 50.9 Å². The van der Waals surface area contributed by atoms with Crippen LogP contribution in [0.5, 0.6) is 0 Å². The molecule has 3 N–H and O–H groups in total. The molecule has 0 radical (unpaired) electrons. The number of hydrogen-bond acceptors (Lipinski definition) is 5. The summed E-state index contributed by atoms with van der Waals surface area (Å²) in [6.45, 7) is 2.13. The van der Waals surface area contributed by atoms with Crippen LogP contribution in [-0.4, -0.2) is 16.7 Å². The Kier molecular flexibility index (Phi) is 5.48. The van der Waals surface area contributed by atoms with Gasteiger partial charge >= 0.3 is 0 Å². The third kappa shape index (κ3) is 3.81. The van der Waals surface area contributed by atoms with Crippen LogP contribution in [0.15, 0.2) is 18.2 Å². The molecule has 3 rings (SSSR count). The molecule has 0 saturated heterocycles. The van der Waals surface area contributed by atoms with Crippen molar-refractivity contribution < 1.29 is 14.5 Å². The topological polar surface area (TPSA) is 115 Å². The summed E-state index contributed by atoms with van der Waals surface area (Å²) in [6, 6.07) is 3.81. The molecule has 27 heavy (non-hydrogen) atoms. The molecule has 1 aromatic carbocycles. The highest BCUT2D eigenvalue weighted by atomic mass is 35.5. The first-order chi connectivity index (χ1) is 12.8. The molecule has 0 fully saturated rings. The summed E-state index contributed by atoms with van der Waals surface area (Å²) in [5, 5.41) is 14.1. The number of carbonyl (C=O) groups is 2. The van der Waals surface area contributed by atoms with Gasteiger partial charge in [0.2, 0.25) is 0 Å². The Bertz CT molecular complexity index is 941. The number of nitro groups is 1. The van der Waals surface area contributed by atoms with Crippen LogP contribution in [0.25, 0.3) is 0 Å². The number of benzene rings is 1. The molecule has 1 aliphatic rings. The number of hydrogen-bond donors (Lipinski definition) is 2. The fourth-order valence-electron chi connectivity index (χ4n) is 3.32. The predicted octanol–water partition coefficient (Wildman–Crippen LogP) is 4.18. The third-order valence-electron chi connectivity index (χ3n) is 4.82. The fourth-order valence-corrected chi connectivity index (χ4v) is 4.87. The molecule has 7 nitrogen and oxygen atoms in total. The molecule has 1 unspecified atom stereocenters. The van der Waals surface area contributed by atoms with E-state index in [1.807, 2.05) is 0 Å². The van der Waals surface area contributed by atoms with Crippen LogP contribution in [0.3, 0.4) is 0 Å². The van der Waals surface area contributed by atoms with Crippen LogP contribution >= 0.6 is 22.9 Å². The third-order valence-corrected chi connectivity index (χ3v) is 6.31. The maximum absolute atomic E-state index is 12.6. The number of nitrogens with two attached hydrogens (primary N) is 1. The lowest BCUT2D eigenvalue weighted by Gasteiger charge is -2.20. The number of halogens is 1. The summed E-state index contributed by atoms with van der Waals surface area (Å²) in [5.41, 5.74) is 6.55. The molecule has 142 valence electrons. The number of nitro benzene ring substituents is 1. The monoisotopic (exact) mass is 407 g/mol. The second kappa shape index (κ2) is 7.66. The van der Waals surface area contributed by atoms with Crippen LogP contribution in [0.4, 0.5) is 10.7 Å². The van der Waals surface area contributed by atoms with E-state index in [-0.39, 0.29) is 16.3 Å². The molecular weight excluding hydrogens is 390 g/mol. The molecule has 0 aliphatic heterocycles. The van der Waals surface area contributed by atoms with Crippen molar-refractivity contribution >= 4 is 45.4 Å². The SMILES string of the molecule is CCC1CCc2c(sc(NC(=O)c3ccc(Cl)c([N+](=O)[O-])c3)c2C(N)=O)C1. The van der Waals surface area contributed by atoms with E-state index in [0.29, 0.717) is 16.5 Å². The van der Waals surface area contributed by atoms with Gasteiger partial charge < -0.3 is 11.1 Å². The normalized spacial score (nSPS) is 15.9. The predicted molar refractivity (Wildman–Crippen MR) is 105 cm³/mol. The first kappa shape index (κ1) is 19.3. The van der Waals surface area contributed by atoms with Gasteiger partial charge in [-0.3, -0.25) is 19.7 Å². The molecule has 0 saturated carbocycles. The summed E-state index contributed by atoms with van der Waals surface area (Å²) in [5.74, 6) is -0.581. The zero-order valence-corrected chi connectivity index (χ0v) is 16.2. The standard InChI is InChI=1S/C18H18ClN3O4S/c1-2-9-3-5-11-14(7-9)27-18(15(11)16(20)23)21-17(24)10-4-6-12(19)13(8-10)22(25)26/h4,6,8-9H,2-3,5,7H2,1H3,(H2,20,23)(H,21,24). The minimum atomic E-state index is -0.650. The summed E-state index contributed by atoms with van der Waals surface area (Å²) >= 11 is 7.14. The maximum Gasteiger partial charge on any atom is 0.288 e. The number of amides is 2. The summed E-state index contributed by atoms with van der Waals surface area (Å²) in [7, 11) is 0. The number of nitrogens with one attached hydrogen (secondary N) is 1. The van der Waals surface area contributed by atoms with Crippen LogP contribution in [0.2, 0.25) is 5.02 Å². The van der Waals surface area contributed by atoms with E-state index < -0.39 is 16.7 Å². The average Bonchev–Trinajstić information content (AvgIpc) is 2.98. The summed E-state index contributed by atoms with van der Waals surface area (Å²) in [4.78, 5) is 36.0. The van der Waals surface area contributed by atoms with Gasteiger partial charge in [0.25, 0.3) is 17.5 Å². The molecular formula is C18H18ClN3O4S. The van der Waals surface area contributed by atoms with E-state index >= 15 is 0 Å². The Balaban J connectivity index is 1.93. The van der Waals surface area contributed by atoms with Crippen molar-refractivity contribution in [3.8, 4) is 0 Å². The van der Waals surface area contributed by atoms with E-state index in [9.17, 15) is 19.7 Å². The van der Waals surface area contributed by atoms with Crippen molar-refractivity contribution in [2.24, 2.45) is 11.7 Å². The largest absolute Gasteiger partial charge is 0.365 e. The van der Waals surface area contributed by atoms with E-state index in [1.165, 1.54) is 23.5 Å². The van der Waals surface area contributed by atoms with Gasteiger partial charge in [0.05, 0.1) is 10.5 Å². The number of thiophene rings is 1. The van der Waals surface area contributed by atoms with Crippen molar-refractivity contribution in [3.63, 3.8) is 0 Å². The minimum absolute atomic E-state index is 0.0495. The smallest absolute Gasteiger partial charge is 0.288 e. The number of nitrogens with zero attached hydrogens (tertiary/aromatic N) is 1. The van der Waals surface area contributed by atoms with E-state index in [4.69, 9.17) is 17.3 Å². The molecule has 1 aliphatic carbocycles. The number of anilines is 1. The van der Waals surface area contributed by atoms with Crippen LogP contribution in [0, 0.1) is 16.0 Å². The Hall–Kier alpha value is -2.45. The molecule has 1 atom stereocenters. The highest BCUT2D eigenvalue weighted by Gasteiger charge is 2.28. The zero-order chi connectivity index (χ0) is 19.7. The highest BCUT2D eigenvalue weighted by molar-refractivity contribution is 7.17. The van der Waals surface area contributed by atoms with E-state index in [1.54, 1.807) is 0 Å². The molecule has 9 heteroatoms. The van der Waals surface area contributed by atoms with Gasteiger partial charge in [0.1, 0.15) is 10.0 Å². The number of rotatable bonds is 5. The second-order valence-electron chi connectivity index (χ2n) is 6.47. The van der Waals surface area contributed by atoms with Gasteiger partial charge in [-0.25, -0.2) is 0 Å². The highest BCUT2D eigenvalue weighted by Crippen LogP contribution is 2.40. The van der Waals surface area contributed by atoms with Gasteiger partial charge in [-0.2, -0.15) is 0 Å². The lowest BCUT2D eigenvalue weighted by atomic mass is 9.85. The van der Waals surface area contributed by atoms with Crippen molar-refractivity contribution in [2.45, 2.75) is 32.6 Å². The molecule has 2 amide bonds. The van der Waals surface area contributed by atoms with Crippen molar-refractivity contribution in [1.29, 1.82) is 0 Å². The van der Waals surface area contributed by atoms with Gasteiger partial charge in [0, 0.05) is 16.5 Å². The van der Waals surface area contributed by atoms with Gasteiger partial charge in [0.15, 0.2) is 0 Å². The Morgan fingerprint density at radius 3 is 2.81 bits per heavy atom. The average molecular weight is 408 g/mol. The fraction of sp³-hybridized carbons (Fsp3) is 0.333. The zero-order valence-electron chi connectivity index (χ0n) is 14.6. The van der Waals surface area contributed by atoms with Crippen LogP contribution in [-0.2, 0) is 12.8 Å². The van der Waals surface area contributed by atoms with Gasteiger partial charge in [-0.05, 0) is 42.9 Å². The van der Waals surface area contributed by atoms with E-state index in [2.05, 4.69) is 12.2 Å². The van der Waals surface area contributed by atoms with Crippen molar-refractivity contribution in [3.05, 3.63) is 54.9 Å². The first-order valence-corrected chi connectivity index (χ1v) is 9.70. The lowest BCUT2D eigenvalue weighted by Crippen LogP contribution is -2.19. The van der Waals surface area contributed by atoms with E-state index in [0.717, 1.165) is 42.2 Å². The van der Waals surface area contributed by atoms with Crippen molar-refractivity contribution in [2.75, 3.05) is 5.32 Å². The number of carbonyl (C=O) groups excluding carboxylic acids is 2. The van der Waals surface area contributed by atoms with Crippen molar-refractivity contribution in [1.82, 2.24) is 0 Å². The summed E-state index contributed by atoms with van der Waals surface area (Å²) < 4.78 is 0. The van der Waals surface area contributed by atoms with Gasteiger partial charge in [-0.15, -0.1) is 11.3 Å². The molecule has 0 spiro atoms. The number of fused-ring (bicyclic) bond motifs is 1. The first-order valence-electron chi connectivity index (χ1n) is 8.51. The Labute approximate surface area is 164 Å². The molecule has 0 bridgehead atoms. The second-order valence-corrected chi connectivity index (χ2v) is 7.98. The molecule has 1 heterocycles. The van der Waals surface area contributed by atoms with Crippen LogP contribution < -0.4 is 11.1 Å². The minimum Gasteiger partial charge on any atom is -0.365 e. The lowest BCUT2D eigenvalue weighted by molar-refractivity contribution is -0.384.